The zero-order chi connectivity index (χ0) is 14.1. The SMILES string of the molecule is O=C(NCCSCCCO)Nc1ccc(Cl)c(Cl)c1. The van der Waals surface area contributed by atoms with Gasteiger partial charge in [0.05, 0.1) is 10.0 Å². The van der Waals surface area contributed by atoms with Gasteiger partial charge in [0.2, 0.25) is 0 Å². The number of anilines is 1. The summed E-state index contributed by atoms with van der Waals surface area (Å²) < 4.78 is 0. The first-order valence-corrected chi connectivity index (χ1v) is 7.73. The quantitative estimate of drug-likeness (QED) is 0.675. The van der Waals surface area contributed by atoms with E-state index < -0.39 is 0 Å². The molecule has 3 N–H and O–H groups in total. The van der Waals surface area contributed by atoms with Crippen LogP contribution in [0.2, 0.25) is 10.0 Å². The Bertz CT molecular complexity index is 419. The molecule has 0 saturated heterocycles. The number of carbonyl (C=O) groups excluding carboxylic acids is 1. The fraction of sp³-hybridized carbons (Fsp3) is 0.417. The average Bonchev–Trinajstić information content (AvgIpc) is 2.38. The van der Waals surface area contributed by atoms with E-state index in [4.69, 9.17) is 28.3 Å². The Morgan fingerprint density at radius 1 is 1.26 bits per heavy atom. The van der Waals surface area contributed by atoms with E-state index in [1.165, 1.54) is 0 Å². The summed E-state index contributed by atoms with van der Waals surface area (Å²) in [6.07, 6.45) is 0.778. The molecular weight excluding hydrogens is 307 g/mol. The van der Waals surface area contributed by atoms with Gasteiger partial charge in [0.1, 0.15) is 0 Å². The molecule has 0 atom stereocenters. The van der Waals surface area contributed by atoms with Crippen LogP contribution in [0.4, 0.5) is 10.5 Å². The van der Waals surface area contributed by atoms with Gasteiger partial charge in [-0.3, -0.25) is 0 Å². The van der Waals surface area contributed by atoms with Crippen LogP contribution in [-0.4, -0.2) is 35.8 Å². The van der Waals surface area contributed by atoms with Gasteiger partial charge in [0, 0.05) is 24.6 Å². The molecule has 0 aliphatic heterocycles. The van der Waals surface area contributed by atoms with Gasteiger partial charge in [0.15, 0.2) is 0 Å². The molecule has 2 amide bonds. The van der Waals surface area contributed by atoms with E-state index in [1.54, 1.807) is 30.0 Å². The zero-order valence-corrected chi connectivity index (χ0v) is 12.6. The molecule has 1 aromatic rings. The van der Waals surface area contributed by atoms with Crippen molar-refractivity contribution in [2.45, 2.75) is 6.42 Å². The van der Waals surface area contributed by atoms with E-state index in [2.05, 4.69) is 10.6 Å². The molecule has 0 saturated carbocycles. The molecule has 0 aromatic heterocycles. The van der Waals surface area contributed by atoms with Crippen LogP contribution in [0.15, 0.2) is 18.2 Å². The summed E-state index contributed by atoms with van der Waals surface area (Å²) in [5, 5.41) is 14.9. The van der Waals surface area contributed by atoms with Crippen LogP contribution in [0.25, 0.3) is 0 Å². The largest absolute Gasteiger partial charge is 0.396 e. The highest BCUT2D eigenvalue weighted by Gasteiger charge is 2.03. The Morgan fingerprint density at radius 2 is 2.05 bits per heavy atom. The summed E-state index contributed by atoms with van der Waals surface area (Å²) >= 11 is 13.3. The van der Waals surface area contributed by atoms with E-state index in [-0.39, 0.29) is 12.6 Å². The molecule has 19 heavy (non-hydrogen) atoms. The van der Waals surface area contributed by atoms with Crippen molar-refractivity contribution >= 4 is 46.7 Å². The van der Waals surface area contributed by atoms with E-state index in [0.717, 1.165) is 17.9 Å². The third kappa shape index (κ3) is 6.92. The number of thioether (sulfide) groups is 1. The van der Waals surface area contributed by atoms with Crippen LogP contribution in [0, 0.1) is 0 Å². The lowest BCUT2D eigenvalue weighted by molar-refractivity contribution is 0.252. The van der Waals surface area contributed by atoms with E-state index in [9.17, 15) is 4.79 Å². The van der Waals surface area contributed by atoms with Crippen molar-refractivity contribution in [2.24, 2.45) is 0 Å². The maximum atomic E-state index is 11.5. The second-order valence-corrected chi connectivity index (χ2v) is 5.74. The number of amides is 2. The van der Waals surface area contributed by atoms with Gasteiger partial charge in [-0.05, 0) is 30.4 Å². The second kappa shape index (κ2) is 9.31. The maximum absolute atomic E-state index is 11.5. The molecule has 0 bridgehead atoms. The van der Waals surface area contributed by atoms with Gasteiger partial charge in [-0.15, -0.1) is 0 Å². The van der Waals surface area contributed by atoms with Gasteiger partial charge in [-0.1, -0.05) is 23.2 Å². The average molecular weight is 323 g/mol. The van der Waals surface area contributed by atoms with Crippen LogP contribution in [-0.2, 0) is 0 Å². The van der Waals surface area contributed by atoms with Gasteiger partial charge < -0.3 is 15.7 Å². The van der Waals surface area contributed by atoms with Crippen molar-refractivity contribution < 1.29 is 9.90 Å². The molecule has 0 aliphatic carbocycles. The molecule has 1 aromatic carbocycles. The highest BCUT2D eigenvalue weighted by atomic mass is 35.5. The van der Waals surface area contributed by atoms with Crippen molar-refractivity contribution in [1.82, 2.24) is 5.32 Å². The predicted molar refractivity (Wildman–Crippen MR) is 82.5 cm³/mol. The highest BCUT2D eigenvalue weighted by Crippen LogP contribution is 2.24. The summed E-state index contributed by atoms with van der Waals surface area (Å²) in [6, 6.07) is 4.63. The summed E-state index contributed by atoms with van der Waals surface area (Å²) in [5.74, 6) is 1.71. The fourth-order valence-corrected chi connectivity index (χ4v) is 2.34. The third-order valence-electron chi connectivity index (χ3n) is 2.16. The molecular formula is C12H16Cl2N2O2S. The summed E-state index contributed by atoms with van der Waals surface area (Å²) in [7, 11) is 0. The second-order valence-electron chi connectivity index (χ2n) is 3.70. The standard InChI is InChI=1S/C12H16Cl2N2O2S/c13-10-3-2-9(8-11(10)14)16-12(18)15-4-7-19-6-1-5-17/h2-3,8,17H,1,4-7H2,(H2,15,16,18). The van der Waals surface area contributed by atoms with Gasteiger partial charge in [0.25, 0.3) is 0 Å². The van der Waals surface area contributed by atoms with E-state index >= 15 is 0 Å². The molecule has 7 heteroatoms. The Labute approximate surface area is 126 Å². The third-order valence-corrected chi connectivity index (χ3v) is 3.97. The minimum atomic E-state index is -0.277. The topological polar surface area (TPSA) is 61.4 Å². The first kappa shape index (κ1) is 16.4. The Balaban J connectivity index is 2.21. The Kier molecular flexibility index (Phi) is 8.05. The van der Waals surface area contributed by atoms with Crippen molar-refractivity contribution in [3.8, 4) is 0 Å². The number of urea groups is 1. The summed E-state index contributed by atoms with van der Waals surface area (Å²) in [6.45, 7) is 0.779. The fourth-order valence-electron chi connectivity index (χ4n) is 1.25. The lowest BCUT2D eigenvalue weighted by Gasteiger charge is -2.08. The summed E-state index contributed by atoms with van der Waals surface area (Å²) in [5.41, 5.74) is 0.597. The number of benzene rings is 1. The predicted octanol–water partition coefficient (Wildman–Crippen LogP) is 3.23. The molecule has 0 fully saturated rings. The Morgan fingerprint density at radius 3 is 2.74 bits per heavy atom. The molecule has 1 rings (SSSR count). The number of rotatable bonds is 7. The van der Waals surface area contributed by atoms with E-state index in [1.807, 2.05) is 0 Å². The summed E-state index contributed by atoms with van der Waals surface area (Å²) in [4.78, 5) is 11.5. The van der Waals surface area contributed by atoms with Crippen molar-refractivity contribution in [1.29, 1.82) is 0 Å². The van der Waals surface area contributed by atoms with Crippen molar-refractivity contribution in [2.75, 3.05) is 30.0 Å². The minimum absolute atomic E-state index is 0.207. The molecule has 0 aliphatic rings. The van der Waals surface area contributed by atoms with Crippen LogP contribution >= 0.6 is 35.0 Å². The maximum Gasteiger partial charge on any atom is 0.319 e. The molecule has 0 unspecified atom stereocenters. The molecule has 0 radical (unpaired) electrons. The molecule has 0 heterocycles. The normalized spacial score (nSPS) is 10.3. The van der Waals surface area contributed by atoms with Crippen LogP contribution in [0.5, 0.6) is 0 Å². The highest BCUT2D eigenvalue weighted by molar-refractivity contribution is 7.99. The number of hydrogen-bond acceptors (Lipinski definition) is 3. The van der Waals surface area contributed by atoms with E-state index in [0.29, 0.717) is 22.3 Å². The molecule has 4 nitrogen and oxygen atoms in total. The number of carbonyl (C=O) groups is 1. The van der Waals surface area contributed by atoms with Gasteiger partial charge in [-0.25, -0.2) is 4.79 Å². The number of aliphatic hydroxyl groups excluding tert-OH is 1. The lowest BCUT2D eigenvalue weighted by Crippen LogP contribution is -2.30. The number of nitrogens with one attached hydrogen (secondary N) is 2. The monoisotopic (exact) mass is 322 g/mol. The number of hydrogen-bond donors (Lipinski definition) is 3. The van der Waals surface area contributed by atoms with Crippen molar-refractivity contribution in [3.05, 3.63) is 28.2 Å². The lowest BCUT2D eigenvalue weighted by atomic mass is 10.3. The van der Waals surface area contributed by atoms with Crippen LogP contribution in [0.1, 0.15) is 6.42 Å². The van der Waals surface area contributed by atoms with Crippen molar-refractivity contribution in [3.63, 3.8) is 0 Å². The number of aliphatic hydroxyl groups is 1. The molecule has 106 valence electrons. The van der Waals surface area contributed by atoms with Crippen LogP contribution < -0.4 is 10.6 Å². The smallest absolute Gasteiger partial charge is 0.319 e. The minimum Gasteiger partial charge on any atom is -0.396 e. The first-order chi connectivity index (χ1) is 9.13. The van der Waals surface area contributed by atoms with Gasteiger partial charge in [-0.2, -0.15) is 11.8 Å². The number of halogens is 2. The zero-order valence-electron chi connectivity index (χ0n) is 10.3. The Hall–Kier alpha value is -0.620. The first-order valence-electron chi connectivity index (χ1n) is 5.82. The van der Waals surface area contributed by atoms with Gasteiger partial charge >= 0.3 is 6.03 Å². The van der Waals surface area contributed by atoms with Crippen LogP contribution in [0.3, 0.4) is 0 Å². The molecule has 0 spiro atoms.